The fourth-order valence-electron chi connectivity index (χ4n) is 3.94. The molecule has 1 saturated heterocycles. The minimum Gasteiger partial charge on any atom is -0.337 e. The lowest BCUT2D eigenvalue weighted by Crippen LogP contribution is -2.59. The molecule has 1 aliphatic carbocycles. The molecule has 154 valence electrons. The van der Waals surface area contributed by atoms with Crippen molar-refractivity contribution in [3.8, 4) is 0 Å². The van der Waals surface area contributed by atoms with E-state index in [0.717, 1.165) is 10.0 Å². The summed E-state index contributed by atoms with van der Waals surface area (Å²) >= 11 is 3.51. The van der Waals surface area contributed by atoms with Crippen LogP contribution in [0.1, 0.15) is 28.8 Å². The summed E-state index contributed by atoms with van der Waals surface area (Å²) in [4.78, 5) is 40.1. The largest absolute Gasteiger partial charge is 0.337 e. The van der Waals surface area contributed by atoms with Crippen LogP contribution < -0.4 is 10.4 Å². The number of nitrogens with one attached hydrogen (secondary N) is 1. The van der Waals surface area contributed by atoms with E-state index in [0.29, 0.717) is 30.6 Å². The van der Waals surface area contributed by atoms with E-state index in [1.165, 1.54) is 5.01 Å². The van der Waals surface area contributed by atoms with Crippen LogP contribution in [0.5, 0.6) is 0 Å². The van der Waals surface area contributed by atoms with Crippen molar-refractivity contribution < 1.29 is 14.4 Å². The highest BCUT2D eigenvalue weighted by molar-refractivity contribution is 9.10. The van der Waals surface area contributed by atoms with Gasteiger partial charge in [-0.05, 0) is 42.7 Å². The molecule has 7 heteroatoms. The second kappa shape index (κ2) is 8.44. The van der Waals surface area contributed by atoms with E-state index in [1.54, 1.807) is 36.2 Å². The van der Waals surface area contributed by atoms with Crippen LogP contribution in [0.15, 0.2) is 65.2 Å². The number of carbonyl (C=O) groups excluding carboxylic acids is 3. The van der Waals surface area contributed by atoms with Crippen molar-refractivity contribution in [2.75, 3.05) is 12.1 Å². The molecule has 1 N–H and O–H groups in total. The molecular formula is C23H22BrN3O3. The van der Waals surface area contributed by atoms with Gasteiger partial charge >= 0.3 is 0 Å². The van der Waals surface area contributed by atoms with Gasteiger partial charge in [0.1, 0.15) is 0 Å². The number of rotatable bonds is 4. The Balaban J connectivity index is 1.54. The molecule has 2 unspecified atom stereocenters. The van der Waals surface area contributed by atoms with E-state index < -0.39 is 0 Å². The van der Waals surface area contributed by atoms with Crippen molar-refractivity contribution in [1.29, 1.82) is 0 Å². The minimum atomic E-state index is -0.360. The van der Waals surface area contributed by atoms with Crippen molar-refractivity contribution in [2.45, 2.75) is 19.4 Å². The molecule has 0 spiro atoms. The van der Waals surface area contributed by atoms with Crippen LogP contribution in [0.4, 0.5) is 5.69 Å². The maximum Gasteiger partial charge on any atom is 0.253 e. The summed E-state index contributed by atoms with van der Waals surface area (Å²) in [6.45, 7) is 0.444. The lowest BCUT2D eigenvalue weighted by molar-refractivity contribution is -0.139. The van der Waals surface area contributed by atoms with Crippen LogP contribution in [0.25, 0.3) is 0 Å². The van der Waals surface area contributed by atoms with Gasteiger partial charge in [0.15, 0.2) is 0 Å². The van der Waals surface area contributed by atoms with Gasteiger partial charge in [0, 0.05) is 23.6 Å². The van der Waals surface area contributed by atoms with E-state index in [1.807, 2.05) is 36.4 Å². The van der Waals surface area contributed by atoms with Crippen LogP contribution in [0.2, 0.25) is 0 Å². The van der Waals surface area contributed by atoms with Crippen molar-refractivity contribution in [1.82, 2.24) is 10.3 Å². The number of hydrogen-bond donors (Lipinski definition) is 1. The van der Waals surface area contributed by atoms with Gasteiger partial charge in [0.05, 0.1) is 17.5 Å². The molecule has 3 amide bonds. The summed E-state index contributed by atoms with van der Waals surface area (Å²) in [5.41, 5.74) is 4.64. The topological polar surface area (TPSA) is 69.7 Å². The number of hydrazine groups is 1. The minimum absolute atomic E-state index is 0.143. The third-order valence-corrected chi connectivity index (χ3v) is 6.37. The number of anilines is 1. The molecule has 1 fully saturated rings. The molecule has 6 nitrogen and oxygen atoms in total. The number of allylic oxidation sites excluding steroid dienone is 2. The first-order valence-electron chi connectivity index (χ1n) is 9.84. The van der Waals surface area contributed by atoms with Crippen LogP contribution in [0, 0.1) is 11.8 Å². The summed E-state index contributed by atoms with van der Waals surface area (Å²) in [5, 5.41) is 1.28. The standard InChI is InChI=1S/C23H22BrN3O3/c1-26(14-16-7-2-5-12-20(16)24)22(29)15-8-6-9-17(13-15)27-23(30)19-11-4-3-10-18(19)21(28)25-27/h2-9,12-13,18-19H,10-11,14H2,1H3,(H,25,28). The number of hydrogen-bond acceptors (Lipinski definition) is 3. The zero-order valence-corrected chi connectivity index (χ0v) is 18.1. The molecule has 4 rings (SSSR count). The van der Waals surface area contributed by atoms with Gasteiger partial charge in [-0.15, -0.1) is 0 Å². The Morgan fingerprint density at radius 1 is 1.10 bits per heavy atom. The molecule has 0 bridgehead atoms. The van der Waals surface area contributed by atoms with Gasteiger partial charge in [-0.3, -0.25) is 19.8 Å². The molecule has 30 heavy (non-hydrogen) atoms. The highest BCUT2D eigenvalue weighted by Gasteiger charge is 2.42. The monoisotopic (exact) mass is 467 g/mol. The van der Waals surface area contributed by atoms with Crippen molar-refractivity contribution in [3.05, 3.63) is 76.3 Å². The zero-order valence-electron chi connectivity index (χ0n) is 16.5. The van der Waals surface area contributed by atoms with Crippen molar-refractivity contribution in [2.24, 2.45) is 11.8 Å². The molecule has 2 aromatic carbocycles. The quantitative estimate of drug-likeness (QED) is 0.697. The van der Waals surface area contributed by atoms with Crippen LogP contribution in [-0.2, 0) is 16.1 Å². The van der Waals surface area contributed by atoms with Crippen LogP contribution in [0.3, 0.4) is 0 Å². The van der Waals surface area contributed by atoms with E-state index in [4.69, 9.17) is 0 Å². The van der Waals surface area contributed by atoms with E-state index >= 15 is 0 Å². The Morgan fingerprint density at radius 2 is 1.83 bits per heavy atom. The molecule has 0 saturated carbocycles. The van der Waals surface area contributed by atoms with E-state index in [2.05, 4.69) is 21.4 Å². The van der Waals surface area contributed by atoms with Crippen molar-refractivity contribution in [3.63, 3.8) is 0 Å². The van der Waals surface area contributed by atoms with E-state index in [9.17, 15) is 14.4 Å². The Morgan fingerprint density at radius 3 is 2.60 bits per heavy atom. The van der Waals surface area contributed by atoms with Gasteiger partial charge in [0.25, 0.3) is 5.91 Å². The highest BCUT2D eigenvalue weighted by atomic mass is 79.9. The highest BCUT2D eigenvalue weighted by Crippen LogP contribution is 2.32. The smallest absolute Gasteiger partial charge is 0.253 e. The predicted molar refractivity (Wildman–Crippen MR) is 117 cm³/mol. The number of nitrogens with zero attached hydrogens (tertiary/aromatic N) is 2. The predicted octanol–water partition coefficient (Wildman–Crippen LogP) is 3.68. The Bertz CT molecular complexity index is 1040. The number of carbonyl (C=O) groups is 3. The summed E-state index contributed by atoms with van der Waals surface area (Å²) < 4.78 is 0.941. The SMILES string of the molecule is CN(Cc1ccccc1Br)C(=O)c1cccc(N2NC(=O)C3CC=CCC3C2=O)c1. The second-order valence-electron chi connectivity index (χ2n) is 7.61. The van der Waals surface area contributed by atoms with E-state index in [-0.39, 0.29) is 29.6 Å². The fourth-order valence-corrected chi connectivity index (χ4v) is 4.35. The lowest BCUT2D eigenvalue weighted by Gasteiger charge is -2.38. The van der Waals surface area contributed by atoms with Gasteiger partial charge in [0.2, 0.25) is 11.8 Å². The first-order chi connectivity index (χ1) is 14.5. The van der Waals surface area contributed by atoms with Gasteiger partial charge < -0.3 is 4.90 Å². The number of amides is 3. The third-order valence-electron chi connectivity index (χ3n) is 5.59. The Kier molecular flexibility index (Phi) is 5.72. The van der Waals surface area contributed by atoms with Crippen LogP contribution >= 0.6 is 15.9 Å². The van der Waals surface area contributed by atoms with Crippen LogP contribution in [-0.4, -0.2) is 29.7 Å². The molecule has 2 aromatic rings. The molecule has 2 atom stereocenters. The summed E-state index contributed by atoms with van der Waals surface area (Å²) in [7, 11) is 1.74. The summed E-state index contributed by atoms with van der Waals surface area (Å²) in [6, 6.07) is 14.6. The maximum atomic E-state index is 13.0. The number of benzene rings is 2. The average molecular weight is 468 g/mol. The average Bonchev–Trinajstić information content (AvgIpc) is 2.77. The lowest BCUT2D eigenvalue weighted by atomic mass is 9.80. The molecule has 2 aliphatic rings. The van der Waals surface area contributed by atoms with Gasteiger partial charge in [-0.25, -0.2) is 5.01 Å². The third kappa shape index (κ3) is 3.89. The first kappa shape index (κ1) is 20.3. The molecule has 1 aliphatic heterocycles. The Labute approximate surface area is 183 Å². The molecule has 0 radical (unpaired) electrons. The van der Waals surface area contributed by atoms with Gasteiger partial charge in [-0.2, -0.15) is 0 Å². The normalized spacial score (nSPS) is 20.5. The molecule has 0 aromatic heterocycles. The second-order valence-corrected chi connectivity index (χ2v) is 8.46. The Hall–Kier alpha value is -2.93. The number of fused-ring (bicyclic) bond motifs is 1. The van der Waals surface area contributed by atoms with Gasteiger partial charge in [-0.1, -0.05) is 52.3 Å². The maximum absolute atomic E-state index is 13.0. The molecule has 1 heterocycles. The number of halogens is 1. The summed E-state index contributed by atoms with van der Waals surface area (Å²) in [6.07, 6.45) is 5.03. The molecular weight excluding hydrogens is 446 g/mol. The first-order valence-corrected chi connectivity index (χ1v) is 10.6. The zero-order chi connectivity index (χ0) is 21.3. The summed E-state index contributed by atoms with van der Waals surface area (Å²) in [5.74, 6) is -1.15. The van der Waals surface area contributed by atoms with Crippen molar-refractivity contribution >= 4 is 39.3 Å². The fraction of sp³-hybridized carbons (Fsp3) is 0.261.